The van der Waals surface area contributed by atoms with Crippen LogP contribution in [0, 0.1) is 0 Å². The average Bonchev–Trinajstić information content (AvgIpc) is 3.23. The van der Waals surface area contributed by atoms with Crippen LogP contribution in [-0.2, 0) is 51.2 Å². The Hall–Kier alpha value is -4.87. The zero-order valence-electron chi connectivity index (χ0n) is 31.5. The number of benzene rings is 4. The lowest BCUT2D eigenvalue weighted by Gasteiger charge is -2.45. The molecule has 10 nitrogen and oxygen atoms in total. The van der Waals surface area contributed by atoms with E-state index in [-0.39, 0.29) is 25.8 Å². The molecule has 0 saturated carbocycles. The predicted octanol–water partition coefficient (Wildman–Crippen LogP) is 8.28. The van der Waals surface area contributed by atoms with Crippen molar-refractivity contribution in [2.75, 3.05) is 19.8 Å². The Labute approximate surface area is 324 Å². The van der Waals surface area contributed by atoms with Gasteiger partial charge in [0.05, 0.1) is 30.9 Å². The number of rotatable bonds is 22. The van der Waals surface area contributed by atoms with Gasteiger partial charge in [0, 0.05) is 13.0 Å². The van der Waals surface area contributed by atoms with Crippen LogP contribution < -0.4 is 0 Å². The Morgan fingerprint density at radius 2 is 1.05 bits per heavy atom. The molecule has 4 aromatic rings. The smallest absolute Gasteiger partial charge is 0.338 e. The van der Waals surface area contributed by atoms with Crippen LogP contribution in [0.5, 0.6) is 0 Å². The number of carbonyl (C=O) groups excluding carboxylic acids is 3. The summed E-state index contributed by atoms with van der Waals surface area (Å²) in [6, 6.07) is 36.8. The molecule has 1 fully saturated rings. The van der Waals surface area contributed by atoms with Crippen molar-refractivity contribution in [3.05, 3.63) is 144 Å². The molecule has 55 heavy (non-hydrogen) atoms. The van der Waals surface area contributed by atoms with E-state index in [4.69, 9.17) is 33.2 Å². The Morgan fingerprint density at radius 1 is 0.545 bits per heavy atom. The summed E-state index contributed by atoms with van der Waals surface area (Å²) >= 11 is 0. The molecule has 0 spiro atoms. The molecule has 4 aromatic carbocycles. The lowest BCUT2D eigenvalue weighted by atomic mass is 9.97. The third kappa shape index (κ3) is 13.7. The monoisotopic (exact) mass is 752 g/mol. The minimum absolute atomic E-state index is 0.149. The quantitative estimate of drug-likeness (QED) is 0.0441. The zero-order valence-corrected chi connectivity index (χ0v) is 31.5. The molecule has 5 atom stereocenters. The molecule has 0 N–H and O–H groups in total. The maximum absolute atomic E-state index is 13.7. The summed E-state index contributed by atoms with van der Waals surface area (Å²) in [6.45, 7) is 2.76. The highest BCUT2D eigenvalue weighted by atomic mass is 16.7. The Kier molecular flexibility index (Phi) is 17.4. The van der Waals surface area contributed by atoms with E-state index in [1.165, 1.54) is 0 Å². The van der Waals surface area contributed by atoms with Crippen LogP contribution in [-0.4, -0.2) is 68.4 Å². The van der Waals surface area contributed by atoms with Gasteiger partial charge in [0.1, 0.15) is 24.9 Å². The maximum Gasteiger partial charge on any atom is 0.338 e. The number of esters is 3. The van der Waals surface area contributed by atoms with Gasteiger partial charge in [0.25, 0.3) is 0 Å². The van der Waals surface area contributed by atoms with Gasteiger partial charge in [0.15, 0.2) is 12.4 Å². The molecule has 10 heteroatoms. The van der Waals surface area contributed by atoms with E-state index in [1.807, 2.05) is 79.7 Å². The van der Waals surface area contributed by atoms with Crippen LogP contribution in [0.4, 0.5) is 0 Å². The van der Waals surface area contributed by atoms with Gasteiger partial charge in [-0.1, -0.05) is 123 Å². The summed E-state index contributed by atoms with van der Waals surface area (Å²) in [7, 11) is 0. The Bertz CT molecular complexity index is 1690. The first kappa shape index (κ1) is 41.3. The molecule has 1 aliphatic rings. The Morgan fingerprint density at radius 3 is 1.64 bits per heavy atom. The highest BCUT2D eigenvalue weighted by Gasteiger charge is 2.51. The molecule has 0 bridgehead atoms. The number of unbranched alkanes of at least 4 members (excludes halogenated alkanes) is 5. The van der Waals surface area contributed by atoms with Gasteiger partial charge < -0.3 is 33.2 Å². The minimum Gasteiger partial charge on any atom is -0.466 e. The van der Waals surface area contributed by atoms with Crippen molar-refractivity contribution in [3.63, 3.8) is 0 Å². The van der Waals surface area contributed by atoms with Gasteiger partial charge in [-0.15, -0.1) is 0 Å². The minimum atomic E-state index is -1.05. The highest BCUT2D eigenvalue weighted by Crippen LogP contribution is 2.32. The van der Waals surface area contributed by atoms with E-state index in [2.05, 4.69) is 0 Å². The van der Waals surface area contributed by atoms with E-state index in [1.54, 1.807) is 48.5 Å². The van der Waals surface area contributed by atoms with Crippen molar-refractivity contribution in [2.45, 2.75) is 95.8 Å². The summed E-state index contributed by atoms with van der Waals surface area (Å²) in [6.07, 6.45) is 1.22. The first-order valence-electron chi connectivity index (χ1n) is 19.2. The summed E-state index contributed by atoms with van der Waals surface area (Å²) in [5.41, 5.74) is 2.58. The second-order valence-corrected chi connectivity index (χ2v) is 13.3. The standard InChI is InChI=1S/C45H52O10/c1-2-49-39(46)29-19-5-3-4-6-20-30-50-45-42(52-32-35-23-13-8-14-24-35)41(51-31-34-21-11-7-12-22-34)40(55-44(48)37-27-17-10-18-28-37)38(54-45)33-53-43(47)36-25-15-9-16-26-36/h7-18,21-28,38,40-42,45H,2-6,19-20,29-33H2,1H3/t38-,40+,41+,42-,45+/m1/s1. The fourth-order valence-corrected chi connectivity index (χ4v) is 6.28. The van der Waals surface area contributed by atoms with Crippen LogP contribution in [0.25, 0.3) is 0 Å². The third-order valence-electron chi connectivity index (χ3n) is 9.17. The number of hydrogen-bond donors (Lipinski definition) is 0. The molecule has 0 unspecified atom stereocenters. The van der Waals surface area contributed by atoms with Crippen molar-refractivity contribution >= 4 is 17.9 Å². The van der Waals surface area contributed by atoms with Gasteiger partial charge >= 0.3 is 17.9 Å². The van der Waals surface area contributed by atoms with Gasteiger partial charge in [0.2, 0.25) is 0 Å². The fourth-order valence-electron chi connectivity index (χ4n) is 6.28. The third-order valence-corrected chi connectivity index (χ3v) is 9.17. The zero-order chi connectivity index (χ0) is 38.5. The van der Waals surface area contributed by atoms with Crippen LogP contribution in [0.1, 0.15) is 83.7 Å². The first-order valence-corrected chi connectivity index (χ1v) is 19.2. The SMILES string of the molecule is CCOC(=O)CCCCCCCCO[C@H]1O[C@H](COC(=O)c2ccccc2)[C@H](OC(=O)c2ccccc2)[C@H](OCc2ccccc2)[C@H]1OCc1ccccc1. The first-order chi connectivity index (χ1) is 27.0. The molecule has 0 aromatic heterocycles. The van der Waals surface area contributed by atoms with Crippen molar-refractivity contribution < 1.29 is 47.5 Å². The van der Waals surface area contributed by atoms with Gasteiger partial charge in [-0.25, -0.2) is 9.59 Å². The van der Waals surface area contributed by atoms with Gasteiger partial charge in [-0.2, -0.15) is 0 Å². The summed E-state index contributed by atoms with van der Waals surface area (Å²) < 4.78 is 43.3. The number of carbonyl (C=O) groups is 3. The predicted molar refractivity (Wildman–Crippen MR) is 206 cm³/mol. The topological polar surface area (TPSA) is 116 Å². The van der Waals surface area contributed by atoms with E-state index >= 15 is 0 Å². The lowest BCUT2D eigenvalue weighted by Crippen LogP contribution is -2.62. The average molecular weight is 753 g/mol. The van der Waals surface area contributed by atoms with E-state index in [9.17, 15) is 14.4 Å². The fraction of sp³-hybridized carbons (Fsp3) is 0.400. The number of ether oxygens (including phenoxy) is 7. The van der Waals surface area contributed by atoms with Crippen molar-refractivity contribution in [1.82, 2.24) is 0 Å². The maximum atomic E-state index is 13.7. The molecular weight excluding hydrogens is 700 g/mol. The van der Waals surface area contributed by atoms with E-state index in [0.717, 1.165) is 49.7 Å². The molecule has 292 valence electrons. The van der Waals surface area contributed by atoms with Crippen LogP contribution in [0.3, 0.4) is 0 Å². The largest absolute Gasteiger partial charge is 0.466 e. The molecular formula is C45H52O10. The summed E-state index contributed by atoms with van der Waals surface area (Å²) in [4.78, 5) is 38.4. The molecule has 0 amide bonds. The van der Waals surface area contributed by atoms with Crippen molar-refractivity contribution in [3.8, 4) is 0 Å². The van der Waals surface area contributed by atoms with Crippen molar-refractivity contribution in [1.29, 1.82) is 0 Å². The van der Waals surface area contributed by atoms with Crippen LogP contribution >= 0.6 is 0 Å². The molecule has 1 heterocycles. The van der Waals surface area contributed by atoms with Gasteiger partial charge in [-0.05, 0) is 55.2 Å². The second kappa shape index (κ2) is 23.1. The Balaban J connectivity index is 1.35. The summed E-state index contributed by atoms with van der Waals surface area (Å²) in [5.74, 6) is -1.27. The highest BCUT2D eigenvalue weighted by molar-refractivity contribution is 5.90. The lowest BCUT2D eigenvalue weighted by molar-refractivity contribution is -0.318. The van der Waals surface area contributed by atoms with E-state index < -0.39 is 42.6 Å². The van der Waals surface area contributed by atoms with Crippen LogP contribution in [0.15, 0.2) is 121 Å². The number of hydrogen-bond acceptors (Lipinski definition) is 10. The molecule has 0 radical (unpaired) electrons. The summed E-state index contributed by atoms with van der Waals surface area (Å²) in [5, 5.41) is 0. The van der Waals surface area contributed by atoms with Crippen molar-refractivity contribution in [2.24, 2.45) is 0 Å². The van der Waals surface area contributed by atoms with Gasteiger partial charge in [-0.3, -0.25) is 4.79 Å². The molecule has 5 rings (SSSR count). The molecule has 0 aliphatic carbocycles. The molecule has 1 aliphatic heterocycles. The van der Waals surface area contributed by atoms with Crippen LogP contribution in [0.2, 0.25) is 0 Å². The normalized spacial score (nSPS) is 19.3. The second-order valence-electron chi connectivity index (χ2n) is 13.3. The molecule has 1 saturated heterocycles. The van der Waals surface area contributed by atoms with E-state index in [0.29, 0.717) is 30.8 Å².